The molecule has 1 aromatic heterocycles. The van der Waals surface area contributed by atoms with Crippen LogP contribution >= 0.6 is 23.1 Å². The number of fused-ring (bicyclic) bond motifs is 1. The van der Waals surface area contributed by atoms with Crippen molar-refractivity contribution < 1.29 is 0 Å². The number of benzene rings is 1. The van der Waals surface area contributed by atoms with Gasteiger partial charge in [0.05, 0.1) is 0 Å². The molecule has 0 nitrogen and oxygen atoms in total. The van der Waals surface area contributed by atoms with Crippen molar-refractivity contribution in [3.8, 4) is 0 Å². The summed E-state index contributed by atoms with van der Waals surface area (Å²) in [5.74, 6) is 1.14. The quantitative estimate of drug-likeness (QED) is 0.717. The fourth-order valence-corrected chi connectivity index (χ4v) is 3.32. The van der Waals surface area contributed by atoms with Crippen LogP contribution in [-0.2, 0) is 5.75 Å². The van der Waals surface area contributed by atoms with Crippen molar-refractivity contribution in [2.75, 3.05) is 6.26 Å². The molecule has 0 amide bonds. The van der Waals surface area contributed by atoms with Crippen molar-refractivity contribution in [1.29, 1.82) is 0 Å². The van der Waals surface area contributed by atoms with Gasteiger partial charge in [0, 0.05) is 15.3 Å². The van der Waals surface area contributed by atoms with Crippen molar-refractivity contribution in [2.45, 2.75) is 12.7 Å². The third kappa shape index (κ3) is 1.89. The van der Waals surface area contributed by atoms with Gasteiger partial charge in [0.15, 0.2) is 0 Å². The van der Waals surface area contributed by atoms with Crippen LogP contribution in [0.15, 0.2) is 24.3 Å². The largest absolute Gasteiger partial charge is 0.160 e. The maximum atomic E-state index is 2.30. The molecule has 68 valence electrons. The minimum Gasteiger partial charge on any atom is -0.160 e. The molecule has 0 bridgehead atoms. The summed E-state index contributed by atoms with van der Waals surface area (Å²) in [7, 11) is 0. The van der Waals surface area contributed by atoms with Gasteiger partial charge in [-0.2, -0.15) is 11.8 Å². The summed E-state index contributed by atoms with van der Waals surface area (Å²) >= 11 is 3.80. The zero-order valence-corrected chi connectivity index (χ0v) is 9.47. The number of rotatable bonds is 2. The molecule has 0 aliphatic rings. The monoisotopic (exact) mass is 208 g/mol. The van der Waals surface area contributed by atoms with E-state index in [1.54, 1.807) is 0 Å². The third-order valence-electron chi connectivity index (χ3n) is 2.01. The molecule has 2 aromatic rings. The molecule has 0 N–H and O–H groups in total. The molecular weight excluding hydrogens is 196 g/mol. The normalized spacial score (nSPS) is 10.9. The zero-order valence-electron chi connectivity index (χ0n) is 7.83. The second-order valence-electron chi connectivity index (χ2n) is 3.19. The van der Waals surface area contributed by atoms with E-state index in [2.05, 4.69) is 37.4 Å². The van der Waals surface area contributed by atoms with Crippen LogP contribution in [0.2, 0.25) is 0 Å². The van der Waals surface area contributed by atoms with E-state index in [0.29, 0.717) is 0 Å². The highest BCUT2D eigenvalue weighted by atomic mass is 32.2. The van der Waals surface area contributed by atoms with E-state index in [1.807, 2.05) is 23.1 Å². The van der Waals surface area contributed by atoms with E-state index >= 15 is 0 Å². The predicted molar refractivity (Wildman–Crippen MR) is 63.8 cm³/mol. The standard InChI is InChI=1S/C11H12S2/c1-8-3-4-9-6-10(7-12-2)13-11(9)5-8/h3-6H,7H2,1-2H3. The lowest BCUT2D eigenvalue weighted by Crippen LogP contribution is -1.67. The first-order chi connectivity index (χ1) is 6.29. The van der Waals surface area contributed by atoms with Gasteiger partial charge in [-0.15, -0.1) is 11.3 Å². The van der Waals surface area contributed by atoms with E-state index < -0.39 is 0 Å². The summed E-state index contributed by atoms with van der Waals surface area (Å²) < 4.78 is 1.42. The molecule has 0 saturated carbocycles. The van der Waals surface area contributed by atoms with Crippen LogP contribution in [-0.4, -0.2) is 6.26 Å². The van der Waals surface area contributed by atoms with E-state index in [1.165, 1.54) is 20.5 Å². The highest BCUT2D eigenvalue weighted by molar-refractivity contribution is 7.97. The molecule has 0 atom stereocenters. The number of thiophene rings is 1. The van der Waals surface area contributed by atoms with E-state index in [0.717, 1.165) is 5.75 Å². The Morgan fingerprint density at radius 1 is 1.31 bits per heavy atom. The molecule has 0 aliphatic heterocycles. The number of aryl methyl sites for hydroxylation is 1. The Kier molecular flexibility index (Phi) is 2.61. The van der Waals surface area contributed by atoms with E-state index in [4.69, 9.17) is 0 Å². The fraction of sp³-hybridized carbons (Fsp3) is 0.273. The van der Waals surface area contributed by atoms with Gasteiger partial charge in [-0.3, -0.25) is 0 Å². The average Bonchev–Trinajstić information content (AvgIpc) is 2.46. The average molecular weight is 208 g/mol. The van der Waals surface area contributed by atoms with Crippen molar-refractivity contribution in [1.82, 2.24) is 0 Å². The lowest BCUT2D eigenvalue weighted by Gasteiger charge is -1.90. The molecular formula is C11H12S2. The second-order valence-corrected chi connectivity index (χ2v) is 5.22. The summed E-state index contributed by atoms with van der Waals surface area (Å²) in [5.41, 5.74) is 1.35. The highest BCUT2D eigenvalue weighted by Crippen LogP contribution is 2.28. The van der Waals surface area contributed by atoms with Gasteiger partial charge in [-0.05, 0) is 36.3 Å². The Balaban J connectivity index is 2.49. The fourth-order valence-electron chi connectivity index (χ4n) is 1.41. The van der Waals surface area contributed by atoms with E-state index in [9.17, 15) is 0 Å². The number of thioether (sulfide) groups is 1. The van der Waals surface area contributed by atoms with Gasteiger partial charge < -0.3 is 0 Å². The Hall–Kier alpha value is -0.470. The smallest absolute Gasteiger partial charge is 0.0348 e. The van der Waals surface area contributed by atoms with Crippen LogP contribution in [0.25, 0.3) is 10.1 Å². The summed E-state index contributed by atoms with van der Waals surface area (Å²) in [6.45, 7) is 2.15. The molecule has 2 rings (SSSR count). The van der Waals surface area contributed by atoms with E-state index in [-0.39, 0.29) is 0 Å². The molecule has 1 heterocycles. The molecule has 1 aromatic carbocycles. The first-order valence-corrected chi connectivity index (χ1v) is 6.48. The number of hydrogen-bond acceptors (Lipinski definition) is 2. The lowest BCUT2D eigenvalue weighted by atomic mass is 10.2. The zero-order chi connectivity index (χ0) is 9.26. The van der Waals surface area contributed by atoms with Crippen molar-refractivity contribution >= 4 is 33.2 Å². The Morgan fingerprint density at radius 3 is 2.92 bits per heavy atom. The Bertz CT molecular complexity index is 415. The summed E-state index contributed by atoms with van der Waals surface area (Å²) in [5, 5.41) is 1.39. The Labute approximate surface area is 87.0 Å². The van der Waals surface area contributed by atoms with Crippen LogP contribution in [0.4, 0.5) is 0 Å². The van der Waals surface area contributed by atoms with Crippen LogP contribution in [0.5, 0.6) is 0 Å². The molecule has 13 heavy (non-hydrogen) atoms. The summed E-state index contributed by atoms with van der Waals surface area (Å²) in [6, 6.07) is 8.96. The van der Waals surface area contributed by atoms with Gasteiger partial charge in [0.1, 0.15) is 0 Å². The summed E-state index contributed by atoms with van der Waals surface area (Å²) in [6.07, 6.45) is 2.15. The molecule has 2 heteroatoms. The molecule has 0 aliphatic carbocycles. The molecule has 0 unspecified atom stereocenters. The third-order valence-corrected chi connectivity index (χ3v) is 3.89. The van der Waals surface area contributed by atoms with Gasteiger partial charge in [-0.1, -0.05) is 12.1 Å². The molecule has 0 saturated heterocycles. The highest BCUT2D eigenvalue weighted by Gasteiger charge is 2.00. The predicted octanol–water partition coefficient (Wildman–Crippen LogP) is 4.07. The maximum Gasteiger partial charge on any atom is 0.0348 e. The minimum absolute atomic E-state index is 1.14. The van der Waals surface area contributed by atoms with Gasteiger partial charge in [-0.25, -0.2) is 0 Å². The van der Waals surface area contributed by atoms with Crippen LogP contribution < -0.4 is 0 Å². The number of hydrogen-bond donors (Lipinski definition) is 0. The van der Waals surface area contributed by atoms with Crippen LogP contribution in [0, 0.1) is 6.92 Å². The van der Waals surface area contributed by atoms with Gasteiger partial charge >= 0.3 is 0 Å². The maximum absolute atomic E-state index is 2.30. The first-order valence-electron chi connectivity index (χ1n) is 4.27. The van der Waals surface area contributed by atoms with Gasteiger partial charge in [0.25, 0.3) is 0 Å². The van der Waals surface area contributed by atoms with Crippen molar-refractivity contribution in [3.63, 3.8) is 0 Å². The molecule has 0 fully saturated rings. The first kappa shape index (κ1) is 9.10. The summed E-state index contributed by atoms with van der Waals surface area (Å²) in [4.78, 5) is 1.48. The van der Waals surface area contributed by atoms with Crippen LogP contribution in [0.3, 0.4) is 0 Å². The molecule has 0 radical (unpaired) electrons. The lowest BCUT2D eigenvalue weighted by molar-refractivity contribution is 1.51. The van der Waals surface area contributed by atoms with Crippen molar-refractivity contribution in [3.05, 3.63) is 34.7 Å². The SMILES string of the molecule is CSCc1cc2ccc(C)cc2s1. The van der Waals surface area contributed by atoms with Crippen LogP contribution in [0.1, 0.15) is 10.4 Å². The van der Waals surface area contributed by atoms with Crippen molar-refractivity contribution in [2.24, 2.45) is 0 Å². The van der Waals surface area contributed by atoms with Gasteiger partial charge in [0.2, 0.25) is 0 Å². The Morgan fingerprint density at radius 2 is 2.15 bits per heavy atom. The minimum atomic E-state index is 1.14. The molecule has 0 spiro atoms. The second kappa shape index (κ2) is 3.72. The topological polar surface area (TPSA) is 0 Å².